The molecule has 0 saturated heterocycles. The molecule has 5 rings (SSSR count). The fourth-order valence-electron chi connectivity index (χ4n) is 4.51. The molecule has 1 amide bonds. The van der Waals surface area contributed by atoms with Crippen molar-refractivity contribution in [1.82, 2.24) is 19.7 Å². The summed E-state index contributed by atoms with van der Waals surface area (Å²) in [5.41, 5.74) is 14.0. The molecule has 0 bridgehead atoms. The van der Waals surface area contributed by atoms with Gasteiger partial charge in [-0.3, -0.25) is 19.4 Å². The lowest BCUT2D eigenvalue weighted by molar-refractivity contribution is -0.133. The maximum Gasteiger partial charge on any atom is 0.389 e. The van der Waals surface area contributed by atoms with Crippen molar-refractivity contribution in [2.24, 2.45) is 5.73 Å². The number of pyridine rings is 1. The maximum atomic E-state index is 14.8. The van der Waals surface area contributed by atoms with Crippen molar-refractivity contribution >= 4 is 33.5 Å². The molecule has 1 aliphatic rings. The number of benzene rings is 1. The Bertz CT molecular complexity index is 1430. The standard InChI is InChI=1S/C22H20F4N6O/c1-9-14(23)6-15-12(8-30-31-15)18(9)32-19-11(4-5-22(24,25)26)17(10-2-3-10)29-7-13(19)16(20(32)27)21(28)33/h6-8,10H,2-5,27H2,1H3,(H2,28,33)(H,30,31). The van der Waals surface area contributed by atoms with E-state index in [0.29, 0.717) is 27.7 Å². The Hall–Kier alpha value is -3.63. The van der Waals surface area contributed by atoms with Crippen LogP contribution in [-0.4, -0.2) is 31.8 Å². The molecule has 0 aliphatic heterocycles. The van der Waals surface area contributed by atoms with Crippen molar-refractivity contribution in [3.63, 3.8) is 0 Å². The van der Waals surface area contributed by atoms with Gasteiger partial charge in [0.25, 0.3) is 5.91 Å². The summed E-state index contributed by atoms with van der Waals surface area (Å²) < 4.78 is 55.9. The third-order valence-electron chi connectivity index (χ3n) is 6.17. The van der Waals surface area contributed by atoms with Crippen LogP contribution in [-0.2, 0) is 6.42 Å². The van der Waals surface area contributed by atoms with E-state index in [1.165, 1.54) is 30.0 Å². The number of anilines is 1. The van der Waals surface area contributed by atoms with Crippen LogP contribution in [0.1, 0.15) is 52.4 Å². The fourth-order valence-corrected chi connectivity index (χ4v) is 4.51. The van der Waals surface area contributed by atoms with Gasteiger partial charge in [0.05, 0.1) is 28.5 Å². The summed E-state index contributed by atoms with van der Waals surface area (Å²) in [5.74, 6) is -1.47. The number of carbonyl (C=O) groups excluding carboxylic acids is 1. The van der Waals surface area contributed by atoms with Crippen LogP contribution in [0.4, 0.5) is 23.4 Å². The molecule has 1 aliphatic carbocycles. The van der Waals surface area contributed by atoms with Crippen molar-refractivity contribution < 1.29 is 22.4 Å². The number of nitrogens with one attached hydrogen (secondary N) is 1. The second-order valence-corrected chi connectivity index (χ2v) is 8.40. The Kier molecular flexibility index (Phi) is 4.62. The van der Waals surface area contributed by atoms with Crippen molar-refractivity contribution in [2.45, 2.75) is 44.7 Å². The maximum absolute atomic E-state index is 14.8. The predicted octanol–water partition coefficient (Wildman–Crippen LogP) is 4.40. The number of aromatic nitrogens is 4. The highest BCUT2D eigenvalue weighted by Gasteiger charge is 2.35. The monoisotopic (exact) mass is 460 g/mol. The lowest BCUT2D eigenvalue weighted by Gasteiger charge is -2.17. The van der Waals surface area contributed by atoms with Crippen molar-refractivity contribution in [2.75, 3.05) is 5.73 Å². The highest BCUT2D eigenvalue weighted by Crippen LogP contribution is 2.45. The van der Waals surface area contributed by atoms with Crippen molar-refractivity contribution in [3.8, 4) is 5.69 Å². The quantitative estimate of drug-likeness (QED) is 0.383. The van der Waals surface area contributed by atoms with E-state index in [-0.39, 0.29) is 40.4 Å². The number of aromatic amines is 1. The first-order chi connectivity index (χ1) is 15.6. The molecule has 1 fully saturated rings. The number of primary amides is 1. The molecular weight excluding hydrogens is 440 g/mol. The predicted molar refractivity (Wildman–Crippen MR) is 115 cm³/mol. The van der Waals surface area contributed by atoms with E-state index in [1.54, 1.807) is 0 Å². The Labute approximate surface area is 184 Å². The molecule has 11 heteroatoms. The average Bonchev–Trinajstić information content (AvgIpc) is 3.40. The Morgan fingerprint density at radius 2 is 2.00 bits per heavy atom. The number of rotatable bonds is 5. The second kappa shape index (κ2) is 7.19. The topological polar surface area (TPSA) is 116 Å². The number of fused-ring (bicyclic) bond motifs is 2. The number of nitrogens with two attached hydrogens (primary N) is 2. The van der Waals surface area contributed by atoms with Gasteiger partial charge in [-0.1, -0.05) is 0 Å². The molecule has 0 unspecified atom stereocenters. The zero-order valence-corrected chi connectivity index (χ0v) is 17.6. The first-order valence-corrected chi connectivity index (χ1v) is 10.4. The van der Waals surface area contributed by atoms with E-state index in [0.717, 1.165) is 12.8 Å². The first kappa shape index (κ1) is 21.2. The number of halogens is 4. The minimum absolute atomic E-state index is 0.0294. The first-order valence-electron chi connectivity index (χ1n) is 10.4. The van der Waals surface area contributed by atoms with Gasteiger partial charge in [-0.25, -0.2) is 4.39 Å². The summed E-state index contributed by atoms with van der Waals surface area (Å²) >= 11 is 0. The normalized spacial score (nSPS) is 14.5. The molecule has 5 N–H and O–H groups in total. The number of alkyl halides is 3. The lowest BCUT2D eigenvalue weighted by Crippen LogP contribution is -2.14. The number of hydrogen-bond acceptors (Lipinski definition) is 4. The van der Waals surface area contributed by atoms with E-state index >= 15 is 0 Å². The van der Waals surface area contributed by atoms with Gasteiger partial charge in [0.1, 0.15) is 11.6 Å². The van der Waals surface area contributed by atoms with E-state index in [1.807, 2.05) is 0 Å². The fraction of sp³-hybridized carbons (Fsp3) is 0.318. The highest BCUT2D eigenvalue weighted by atomic mass is 19.4. The molecule has 33 heavy (non-hydrogen) atoms. The number of hydrogen-bond donors (Lipinski definition) is 3. The Morgan fingerprint density at radius 3 is 2.64 bits per heavy atom. The molecule has 0 spiro atoms. The summed E-state index contributed by atoms with van der Waals surface area (Å²) in [6.45, 7) is 1.53. The van der Waals surface area contributed by atoms with Gasteiger partial charge in [-0.2, -0.15) is 18.3 Å². The number of nitrogens with zero attached hydrogens (tertiary/aromatic N) is 3. The molecule has 172 valence electrons. The molecule has 3 aromatic heterocycles. The molecular formula is C22H20F4N6O. The third-order valence-corrected chi connectivity index (χ3v) is 6.17. The zero-order valence-electron chi connectivity index (χ0n) is 17.6. The summed E-state index contributed by atoms with van der Waals surface area (Å²) in [6, 6.07) is 1.28. The van der Waals surface area contributed by atoms with Crippen LogP contribution in [0.3, 0.4) is 0 Å². The van der Waals surface area contributed by atoms with Crippen LogP contribution in [0, 0.1) is 12.7 Å². The SMILES string of the molecule is Cc1c(F)cc2[nH]ncc2c1-n1c(N)c(C(N)=O)c2cnc(C3CC3)c(CCC(F)(F)F)c21. The molecule has 1 saturated carbocycles. The van der Waals surface area contributed by atoms with Crippen LogP contribution in [0.25, 0.3) is 27.5 Å². The summed E-state index contributed by atoms with van der Waals surface area (Å²) in [7, 11) is 0. The molecule has 1 aromatic carbocycles. The molecule has 0 atom stereocenters. The molecule has 0 radical (unpaired) electrons. The van der Waals surface area contributed by atoms with Crippen LogP contribution in [0.15, 0.2) is 18.5 Å². The van der Waals surface area contributed by atoms with Gasteiger partial charge in [-0.05, 0) is 37.8 Å². The van der Waals surface area contributed by atoms with Gasteiger partial charge in [0.2, 0.25) is 0 Å². The average molecular weight is 460 g/mol. The summed E-state index contributed by atoms with van der Waals surface area (Å²) in [4.78, 5) is 16.8. The van der Waals surface area contributed by atoms with Gasteiger partial charge in [0, 0.05) is 40.6 Å². The largest absolute Gasteiger partial charge is 0.389 e. The van der Waals surface area contributed by atoms with Crippen LogP contribution >= 0.6 is 0 Å². The van der Waals surface area contributed by atoms with Gasteiger partial charge >= 0.3 is 6.18 Å². The van der Waals surface area contributed by atoms with Gasteiger partial charge in [-0.15, -0.1) is 0 Å². The Morgan fingerprint density at radius 1 is 1.27 bits per heavy atom. The number of H-pyrrole nitrogens is 1. The Balaban J connectivity index is 1.93. The minimum atomic E-state index is -4.40. The zero-order chi connectivity index (χ0) is 23.7. The van der Waals surface area contributed by atoms with E-state index in [9.17, 15) is 22.4 Å². The second-order valence-electron chi connectivity index (χ2n) is 8.40. The van der Waals surface area contributed by atoms with Crippen LogP contribution in [0.2, 0.25) is 0 Å². The molecule has 3 heterocycles. The number of amides is 1. The minimum Gasteiger partial charge on any atom is -0.384 e. The van der Waals surface area contributed by atoms with Crippen LogP contribution in [0.5, 0.6) is 0 Å². The van der Waals surface area contributed by atoms with E-state index < -0.39 is 24.3 Å². The molecule has 4 aromatic rings. The lowest BCUT2D eigenvalue weighted by atomic mass is 10.0. The smallest absolute Gasteiger partial charge is 0.384 e. The number of nitrogen functional groups attached to an aromatic ring is 1. The summed E-state index contributed by atoms with van der Waals surface area (Å²) in [6.07, 6.45) is -1.31. The van der Waals surface area contributed by atoms with Crippen LogP contribution < -0.4 is 11.5 Å². The number of aryl methyl sites for hydroxylation is 1. The third kappa shape index (κ3) is 3.38. The van der Waals surface area contributed by atoms with E-state index in [2.05, 4.69) is 15.2 Å². The van der Waals surface area contributed by atoms with Crippen molar-refractivity contribution in [3.05, 3.63) is 46.7 Å². The summed E-state index contributed by atoms with van der Waals surface area (Å²) in [5, 5.41) is 7.40. The molecule has 7 nitrogen and oxygen atoms in total. The number of carbonyl (C=O) groups is 1. The van der Waals surface area contributed by atoms with E-state index in [4.69, 9.17) is 11.5 Å². The van der Waals surface area contributed by atoms with Gasteiger partial charge in [0.15, 0.2) is 0 Å². The van der Waals surface area contributed by atoms with Gasteiger partial charge < -0.3 is 11.5 Å². The van der Waals surface area contributed by atoms with Crippen molar-refractivity contribution in [1.29, 1.82) is 0 Å². The highest BCUT2D eigenvalue weighted by molar-refractivity contribution is 6.13.